The Morgan fingerprint density at radius 2 is 1.70 bits per heavy atom. The van der Waals surface area contributed by atoms with Crippen molar-refractivity contribution in [1.29, 1.82) is 0 Å². The zero-order valence-corrected chi connectivity index (χ0v) is 10.6. The molecule has 20 heavy (non-hydrogen) atoms. The van der Waals surface area contributed by atoms with E-state index in [1.54, 1.807) is 18.3 Å². The molecule has 0 fully saturated rings. The number of rotatable bonds is 3. The molecule has 2 aromatic carbocycles. The average Bonchev–Trinajstić information content (AvgIpc) is 3.02. The first kappa shape index (κ1) is 12.2. The molecule has 98 valence electrons. The standard InChI is InChI=1S/C16H12N2O2/c19-16(20)12-6-4-11(5-7-12)13-2-1-3-14(10-13)15-8-9-17-18-15/h1-10H,(H,17,18)(H,19,20). The van der Waals surface area contributed by atoms with Gasteiger partial charge in [-0.3, -0.25) is 5.10 Å². The van der Waals surface area contributed by atoms with E-state index < -0.39 is 5.97 Å². The van der Waals surface area contributed by atoms with Gasteiger partial charge in [-0.1, -0.05) is 30.3 Å². The Morgan fingerprint density at radius 1 is 0.950 bits per heavy atom. The van der Waals surface area contributed by atoms with E-state index >= 15 is 0 Å². The molecule has 0 aliphatic heterocycles. The Bertz CT molecular complexity index is 731. The van der Waals surface area contributed by atoms with Gasteiger partial charge < -0.3 is 5.11 Å². The fourth-order valence-electron chi connectivity index (χ4n) is 2.09. The summed E-state index contributed by atoms with van der Waals surface area (Å²) < 4.78 is 0. The van der Waals surface area contributed by atoms with Crippen LogP contribution in [0.3, 0.4) is 0 Å². The molecule has 2 N–H and O–H groups in total. The van der Waals surface area contributed by atoms with Crippen molar-refractivity contribution in [3.8, 4) is 22.4 Å². The molecule has 0 aliphatic rings. The molecule has 0 radical (unpaired) electrons. The van der Waals surface area contributed by atoms with Gasteiger partial charge in [-0.15, -0.1) is 0 Å². The zero-order chi connectivity index (χ0) is 13.9. The van der Waals surface area contributed by atoms with Gasteiger partial charge in [0, 0.05) is 11.8 Å². The Labute approximate surface area is 115 Å². The second-order valence-electron chi connectivity index (χ2n) is 4.43. The first-order chi connectivity index (χ1) is 9.74. The molecule has 0 spiro atoms. The molecule has 3 aromatic rings. The number of aromatic amines is 1. The Hall–Kier alpha value is -2.88. The normalized spacial score (nSPS) is 10.4. The van der Waals surface area contributed by atoms with Crippen molar-refractivity contribution < 1.29 is 9.90 Å². The molecule has 0 bridgehead atoms. The second kappa shape index (κ2) is 5.01. The van der Waals surface area contributed by atoms with E-state index in [1.807, 2.05) is 42.5 Å². The summed E-state index contributed by atoms with van der Waals surface area (Å²) in [5, 5.41) is 15.8. The summed E-state index contributed by atoms with van der Waals surface area (Å²) in [6.45, 7) is 0. The molecule has 0 atom stereocenters. The number of aromatic nitrogens is 2. The lowest BCUT2D eigenvalue weighted by atomic mass is 10.0. The number of carboxylic acids is 1. The van der Waals surface area contributed by atoms with Crippen molar-refractivity contribution in [2.75, 3.05) is 0 Å². The fourth-order valence-corrected chi connectivity index (χ4v) is 2.09. The highest BCUT2D eigenvalue weighted by atomic mass is 16.4. The summed E-state index contributed by atoms with van der Waals surface area (Å²) in [6.07, 6.45) is 1.71. The Balaban J connectivity index is 1.98. The van der Waals surface area contributed by atoms with Gasteiger partial charge in [0.2, 0.25) is 0 Å². The third-order valence-electron chi connectivity index (χ3n) is 3.14. The number of benzene rings is 2. The van der Waals surface area contributed by atoms with E-state index in [9.17, 15) is 4.79 Å². The van der Waals surface area contributed by atoms with Crippen molar-refractivity contribution >= 4 is 5.97 Å². The topological polar surface area (TPSA) is 66.0 Å². The molecule has 0 unspecified atom stereocenters. The minimum absolute atomic E-state index is 0.290. The van der Waals surface area contributed by atoms with Crippen LogP contribution in [0, 0.1) is 0 Å². The molecule has 0 amide bonds. The van der Waals surface area contributed by atoms with E-state index in [0.29, 0.717) is 5.56 Å². The fraction of sp³-hybridized carbons (Fsp3) is 0. The van der Waals surface area contributed by atoms with Crippen LogP contribution in [0.25, 0.3) is 22.4 Å². The average molecular weight is 264 g/mol. The third-order valence-corrected chi connectivity index (χ3v) is 3.14. The van der Waals surface area contributed by atoms with Gasteiger partial charge in [0.25, 0.3) is 0 Å². The van der Waals surface area contributed by atoms with Crippen LogP contribution in [0.4, 0.5) is 0 Å². The predicted octanol–water partition coefficient (Wildman–Crippen LogP) is 3.44. The summed E-state index contributed by atoms with van der Waals surface area (Å²) in [5.74, 6) is -0.914. The molecule has 4 heteroatoms. The quantitative estimate of drug-likeness (QED) is 0.761. The van der Waals surface area contributed by atoms with Gasteiger partial charge in [0.15, 0.2) is 0 Å². The predicted molar refractivity (Wildman–Crippen MR) is 76.4 cm³/mol. The maximum absolute atomic E-state index is 10.8. The first-order valence-electron chi connectivity index (χ1n) is 6.17. The number of nitrogens with one attached hydrogen (secondary N) is 1. The number of H-pyrrole nitrogens is 1. The van der Waals surface area contributed by atoms with Gasteiger partial charge in [0.05, 0.1) is 11.3 Å². The number of nitrogens with zero attached hydrogens (tertiary/aromatic N) is 1. The SMILES string of the molecule is O=C(O)c1ccc(-c2cccc(-c3ccn[nH]3)c2)cc1. The van der Waals surface area contributed by atoms with Crippen molar-refractivity contribution in [1.82, 2.24) is 10.2 Å². The van der Waals surface area contributed by atoms with Crippen LogP contribution < -0.4 is 0 Å². The molecule has 1 aromatic heterocycles. The lowest BCUT2D eigenvalue weighted by Gasteiger charge is -2.05. The summed E-state index contributed by atoms with van der Waals surface area (Å²) in [4.78, 5) is 10.8. The van der Waals surface area contributed by atoms with Gasteiger partial charge in [-0.2, -0.15) is 5.10 Å². The van der Waals surface area contributed by atoms with E-state index in [4.69, 9.17) is 5.11 Å². The number of aromatic carboxylic acids is 1. The van der Waals surface area contributed by atoms with E-state index in [1.165, 1.54) is 0 Å². The molecular weight excluding hydrogens is 252 g/mol. The highest BCUT2D eigenvalue weighted by Crippen LogP contribution is 2.25. The minimum atomic E-state index is -0.914. The van der Waals surface area contributed by atoms with Crippen molar-refractivity contribution in [3.63, 3.8) is 0 Å². The monoisotopic (exact) mass is 264 g/mol. The van der Waals surface area contributed by atoms with Crippen LogP contribution in [0.5, 0.6) is 0 Å². The largest absolute Gasteiger partial charge is 0.478 e. The second-order valence-corrected chi connectivity index (χ2v) is 4.43. The summed E-state index contributed by atoms with van der Waals surface area (Å²) in [5.41, 5.74) is 4.31. The smallest absolute Gasteiger partial charge is 0.335 e. The van der Waals surface area contributed by atoms with Crippen molar-refractivity contribution in [2.24, 2.45) is 0 Å². The Kier molecular flexibility index (Phi) is 3.05. The Morgan fingerprint density at radius 3 is 2.35 bits per heavy atom. The van der Waals surface area contributed by atoms with Gasteiger partial charge >= 0.3 is 5.97 Å². The van der Waals surface area contributed by atoms with E-state index in [2.05, 4.69) is 10.2 Å². The summed E-state index contributed by atoms with van der Waals surface area (Å²) in [6, 6.07) is 16.8. The molecule has 0 saturated heterocycles. The van der Waals surface area contributed by atoms with Crippen molar-refractivity contribution in [3.05, 3.63) is 66.4 Å². The first-order valence-corrected chi connectivity index (χ1v) is 6.17. The van der Waals surface area contributed by atoms with Crippen LogP contribution in [0.15, 0.2) is 60.8 Å². The molecule has 1 heterocycles. The van der Waals surface area contributed by atoms with Gasteiger partial charge in [0.1, 0.15) is 0 Å². The van der Waals surface area contributed by atoms with Gasteiger partial charge in [-0.05, 0) is 35.4 Å². The number of hydrogen-bond donors (Lipinski definition) is 2. The lowest BCUT2D eigenvalue weighted by Crippen LogP contribution is -1.94. The van der Waals surface area contributed by atoms with Crippen LogP contribution in [0.2, 0.25) is 0 Å². The maximum Gasteiger partial charge on any atom is 0.335 e. The molecular formula is C16H12N2O2. The molecule has 3 rings (SSSR count). The molecule has 0 saturated carbocycles. The van der Waals surface area contributed by atoms with Crippen molar-refractivity contribution in [2.45, 2.75) is 0 Å². The number of carbonyl (C=O) groups is 1. The molecule has 4 nitrogen and oxygen atoms in total. The van der Waals surface area contributed by atoms with Crippen LogP contribution in [0.1, 0.15) is 10.4 Å². The van der Waals surface area contributed by atoms with Crippen LogP contribution in [-0.4, -0.2) is 21.3 Å². The highest BCUT2D eigenvalue weighted by molar-refractivity contribution is 5.88. The van der Waals surface area contributed by atoms with Gasteiger partial charge in [-0.25, -0.2) is 4.79 Å². The number of carboxylic acid groups (broad SMARTS) is 1. The minimum Gasteiger partial charge on any atom is -0.478 e. The summed E-state index contributed by atoms with van der Waals surface area (Å²) in [7, 11) is 0. The van der Waals surface area contributed by atoms with Crippen LogP contribution in [-0.2, 0) is 0 Å². The van der Waals surface area contributed by atoms with E-state index in [0.717, 1.165) is 22.4 Å². The highest BCUT2D eigenvalue weighted by Gasteiger charge is 2.05. The van der Waals surface area contributed by atoms with Crippen LogP contribution >= 0.6 is 0 Å². The van der Waals surface area contributed by atoms with E-state index in [-0.39, 0.29) is 0 Å². The lowest BCUT2D eigenvalue weighted by molar-refractivity contribution is 0.0697. The zero-order valence-electron chi connectivity index (χ0n) is 10.6. The summed E-state index contributed by atoms with van der Waals surface area (Å²) >= 11 is 0. The molecule has 0 aliphatic carbocycles. The number of hydrogen-bond acceptors (Lipinski definition) is 2. The maximum atomic E-state index is 10.8. The third kappa shape index (κ3) is 2.31.